The Bertz CT molecular complexity index is 440. The molecule has 0 saturated carbocycles. The molecule has 3 N–H and O–H groups in total. The number of ether oxygens (including phenoxy) is 1. The number of para-hydroxylation sites is 2. The minimum Gasteiger partial charge on any atom is -0.489 e. The van der Waals surface area contributed by atoms with Crippen molar-refractivity contribution in [1.82, 2.24) is 4.90 Å². The van der Waals surface area contributed by atoms with E-state index in [2.05, 4.69) is 18.7 Å². The molecule has 0 bridgehead atoms. The quantitative estimate of drug-likeness (QED) is 0.812. The van der Waals surface area contributed by atoms with Crippen LogP contribution >= 0.6 is 11.8 Å². The van der Waals surface area contributed by atoms with Gasteiger partial charge in [0.2, 0.25) is 0 Å². The van der Waals surface area contributed by atoms with Crippen LogP contribution in [0.1, 0.15) is 13.8 Å². The Kier molecular flexibility index (Phi) is 5.18. The van der Waals surface area contributed by atoms with Gasteiger partial charge < -0.3 is 15.6 Å². The summed E-state index contributed by atoms with van der Waals surface area (Å²) in [6, 6.07) is 7.36. The molecule has 0 radical (unpaired) electrons. The smallest absolute Gasteiger partial charge is 0.142 e. The van der Waals surface area contributed by atoms with Crippen molar-refractivity contribution in [2.75, 3.05) is 37.7 Å². The molecule has 1 aromatic carbocycles. The van der Waals surface area contributed by atoms with Crippen LogP contribution in [0.3, 0.4) is 0 Å². The van der Waals surface area contributed by atoms with Gasteiger partial charge in [-0.05, 0) is 26.0 Å². The maximum Gasteiger partial charge on any atom is 0.142 e. The second-order valence-corrected chi connectivity index (χ2v) is 7.65. The number of anilines is 1. The van der Waals surface area contributed by atoms with Crippen molar-refractivity contribution < 1.29 is 9.84 Å². The number of rotatable bonds is 5. The fraction of sp³-hybridized carbons (Fsp3) is 0.600. The number of benzene rings is 1. The molecule has 0 spiro atoms. The van der Waals surface area contributed by atoms with Crippen molar-refractivity contribution in [2.45, 2.75) is 24.7 Å². The third-order valence-corrected chi connectivity index (χ3v) is 4.62. The molecule has 1 atom stereocenters. The molecule has 0 amide bonds. The van der Waals surface area contributed by atoms with E-state index < -0.39 is 6.10 Å². The third kappa shape index (κ3) is 4.58. The van der Waals surface area contributed by atoms with E-state index in [0.717, 1.165) is 18.8 Å². The Morgan fingerprint density at radius 2 is 2.20 bits per heavy atom. The summed E-state index contributed by atoms with van der Waals surface area (Å²) in [7, 11) is 0. The molecular formula is C15H24N2O2S. The summed E-state index contributed by atoms with van der Waals surface area (Å²) in [4.78, 5) is 2.30. The molecule has 112 valence electrons. The first-order valence-electron chi connectivity index (χ1n) is 6.98. The zero-order valence-electron chi connectivity index (χ0n) is 12.2. The van der Waals surface area contributed by atoms with Crippen LogP contribution in [0.5, 0.6) is 5.75 Å². The number of β-amino-alcohol motifs (C(OH)–C–C–N with tert-alkyl or cyclic N) is 1. The van der Waals surface area contributed by atoms with E-state index in [9.17, 15) is 5.11 Å². The third-order valence-electron chi connectivity index (χ3n) is 3.32. The van der Waals surface area contributed by atoms with Crippen LogP contribution in [0.2, 0.25) is 0 Å². The van der Waals surface area contributed by atoms with Crippen LogP contribution in [-0.2, 0) is 0 Å². The first kappa shape index (κ1) is 15.5. The van der Waals surface area contributed by atoms with Gasteiger partial charge in [0.15, 0.2) is 0 Å². The highest BCUT2D eigenvalue weighted by atomic mass is 32.2. The number of nitrogen functional groups attached to an aromatic ring is 1. The number of aliphatic hydroxyl groups is 1. The maximum atomic E-state index is 10.1. The largest absolute Gasteiger partial charge is 0.489 e. The normalized spacial score (nSPS) is 20.6. The van der Waals surface area contributed by atoms with Crippen LogP contribution in [-0.4, -0.2) is 52.9 Å². The minimum absolute atomic E-state index is 0.267. The Morgan fingerprint density at radius 1 is 1.45 bits per heavy atom. The minimum atomic E-state index is -0.492. The van der Waals surface area contributed by atoms with Gasteiger partial charge in [-0.2, -0.15) is 11.8 Å². The lowest BCUT2D eigenvalue weighted by Crippen LogP contribution is -2.47. The summed E-state index contributed by atoms with van der Waals surface area (Å²) in [5.74, 6) is 1.76. The molecule has 1 unspecified atom stereocenters. The van der Waals surface area contributed by atoms with Gasteiger partial charge in [-0.1, -0.05) is 12.1 Å². The Balaban J connectivity index is 1.78. The highest BCUT2D eigenvalue weighted by Gasteiger charge is 2.27. The SMILES string of the molecule is CC1(C)CN(CC(O)COc2ccccc2N)CCS1. The van der Waals surface area contributed by atoms with Gasteiger partial charge in [-0.15, -0.1) is 0 Å². The van der Waals surface area contributed by atoms with Gasteiger partial charge in [0.05, 0.1) is 5.69 Å². The van der Waals surface area contributed by atoms with Gasteiger partial charge in [0, 0.05) is 30.1 Å². The Morgan fingerprint density at radius 3 is 2.90 bits per heavy atom. The molecule has 0 aliphatic carbocycles. The average molecular weight is 296 g/mol. The Labute approximate surface area is 125 Å². The summed E-state index contributed by atoms with van der Waals surface area (Å²) in [5.41, 5.74) is 6.41. The molecule has 1 saturated heterocycles. The highest BCUT2D eigenvalue weighted by molar-refractivity contribution is 8.00. The first-order valence-corrected chi connectivity index (χ1v) is 7.96. The van der Waals surface area contributed by atoms with Crippen LogP contribution < -0.4 is 10.5 Å². The van der Waals surface area contributed by atoms with Gasteiger partial charge in [0.1, 0.15) is 18.5 Å². The number of nitrogens with zero attached hydrogens (tertiary/aromatic N) is 1. The molecule has 1 heterocycles. The monoisotopic (exact) mass is 296 g/mol. The van der Waals surface area contributed by atoms with E-state index in [1.807, 2.05) is 30.0 Å². The maximum absolute atomic E-state index is 10.1. The zero-order valence-corrected chi connectivity index (χ0v) is 13.0. The van der Waals surface area contributed by atoms with Gasteiger partial charge in [-0.25, -0.2) is 0 Å². The lowest BCUT2D eigenvalue weighted by molar-refractivity contribution is 0.0670. The predicted octanol–water partition coefficient (Wildman–Crippen LogP) is 1.84. The van der Waals surface area contributed by atoms with E-state index >= 15 is 0 Å². The molecule has 1 aromatic rings. The van der Waals surface area contributed by atoms with Crippen molar-refractivity contribution >= 4 is 17.4 Å². The standard InChI is InChI=1S/C15H24N2O2S/c1-15(2)11-17(7-8-20-15)9-12(18)10-19-14-6-4-3-5-13(14)16/h3-6,12,18H,7-11,16H2,1-2H3. The summed E-state index contributed by atoms with van der Waals surface area (Å²) in [6.07, 6.45) is -0.492. The fourth-order valence-electron chi connectivity index (χ4n) is 2.42. The number of thioether (sulfide) groups is 1. The summed E-state index contributed by atoms with van der Waals surface area (Å²) in [5, 5.41) is 10.1. The second-order valence-electron chi connectivity index (χ2n) is 5.85. The van der Waals surface area contributed by atoms with Gasteiger partial charge in [-0.3, -0.25) is 4.90 Å². The molecule has 4 nitrogen and oxygen atoms in total. The van der Waals surface area contributed by atoms with Crippen LogP contribution in [0.15, 0.2) is 24.3 Å². The van der Waals surface area contributed by atoms with Crippen molar-refractivity contribution in [3.63, 3.8) is 0 Å². The van der Waals surface area contributed by atoms with E-state index in [4.69, 9.17) is 10.5 Å². The molecule has 1 aliphatic rings. The van der Waals surface area contributed by atoms with Crippen molar-refractivity contribution in [2.24, 2.45) is 0 Å². The number of hydrogen-bond acceptors (Lipinski definition) is 5. The molecular weight excluding hydrogens is 272 g/mol. The molecule has 5 heteroatoms. The van der Waals surface area contributed by atoms with Gasteiger partial charge >= 0.3 is 0 Å². The fourth-order valence-corrected chi connectivity index (χ4v) is 3.59. The summed E-state index contributed by atoms with van der Waals surface area (Å²) >= 11 is 1.99. The topological polar surface area (TPSA) is 58.7 Å². The number of aliphatic hydroxyl groups excluding tert-OH is 1. The lowest BCUT2D eigenvalue weighted by atomic mass is 10.1. The van der Waals surface area contributed by atoms with E-state index in [1.165, 1.54) is 0 Å². The summed E-state index contributed by atoms with van der Waals surface area (Å²) < 4.78 is 5.85. The molecule has 0 aromatic heterocycles. The molecule has 20 heavy (non-hydrogen) atoms. The van der Waals surface area contributed by atoms with E-state index in [1.54, 1.807) is 6.07 Å². The molecule has 1 fully saturated rings. The van der Waals surface area contributed by atoms with Crippen molar-refractivity contribution in [3.8, 4) is 5.75 Å². The van der Waals surface area contributed by atoms with E-state index in [-0.39, 0.29) is 11.4 Å². The summed E-state index contributed by atoms with van der Waals surface area (Å²) in [6.45, 7) is 7.45. The predicted molar refractivity (Wildman–Crippen MR) is 85.3 cm³/mol. The average Bonchev–Trinajstić information content (AvgIpc) is 2.36. The molecule has 2 rings (SSSR count). The molecule has 1 aliphatic heterocycles. The lowest BCUT2D eigenvalue weighted by Gasteiger charge is -2.38. The van der Waals surface area contributed by atoms with Crippen LogP contribution in [0.4, 0.5) is 5.69 Å². The van der Waals surface area contributed by atoms with Crippen molar-refractivity contribution in [3.05, 3.63) is 24.3 Å². The Hall–Kier alpha value is -0.910. The van der Waals surface area contributed by atoms with Gasteiger partial charge in [0.25, 0.3) is 0 Å². The van der Waals surface area contributed by atoms with Crippen molar-refractivity contribution in [1.29, 1.82) is 0 Å². The first-order chi connectivity index (χ1) is 9.46. The van der Waals surface area contributed by atoms with E-state index in [0.29, 0.717) is 18.0 Å². The number of hydrogen-bond donors (Lipinski definition) is 2. The van der Waals surface area contributed by atoms with Crippen LogP contribution in [0.25, 0.3) is 0 Å². The number of nitrogens with two attached hydrogens (primary N) is 1. The highest BCUT2D eigenvalue weighted by Crippen LogP contribution is 2.29. The zero-order chi connectivity index (χ0) is 14.6. The second kappa shape index (κ2) is 6.70. The van der Waals surface area contributed by atoms with Crippen LogP contribution in [0, 0.1) is 0 Å².